The van der Waals surface area contributed by atoms with Gasteiger partial charge < -0.3 is 9.80 Å². The molecule has 0 radical (unpaired) electrons. The second-order valence-corrected chi connectivity index (χ2v) is 20.3. The standard InChI is InChI=1S/C60H50N2S2/c1-40(38-55-41(2)60(51-32-20-21-33-53(51)63-55)49-30-18-16-28-46(49)47-29-17-19-31-50(47)60)61(43-22-10-6-7-11-23-43)52-36-37-54-57(48-35-34-42(59(3,4)5)39-56(48)64-54)58(52)62(44-24-12-8-13-25-44)45-26-14-9-15-27-45/h6-39,43H,1-5H3/b40-38+. The van der Waals surface area contributed by atoms with Crippen molar-refractivity contribution in [1.29, 1.82) is 0 Å². The first-order chi connectivity index (χ1) is 31.2. The Kier molecular flexibility index (Phi) is 9.98. The van der Waals surface area contributed by atoms with Crippen molar-refractivity contribution >= 4 is 66.0 Å². The van der Waals surface area contributed by atoms with Gasteiger partial charge in [-0.3, -0.25) is 0 Å². The number of thioether (sulfide) groups is 1. The number of para-hydroxylation sites is 2. The summed E-state index contributed by atoms with van der Waals surface area (Å²) in [6.45, 7) is 11.6. The molecule has 1 aliphatic heterocycles. The molecule has 0 saturated heterocycles. The normalized spacial score (nSPS) is 15.4. The summed E-state index contributed by atoms with van der Waals surface area (Å²) >= 11 is 3.79. The highest BCUT2D eigenvalue weighted by Gasteiger charge is 2.49. The Hall–Kier alpha value is -6.59. The molecule has 0 saturated carbocycles. The minimum atomic E-state index is -0.416. The number of nitrogens with zero attached hydrogens (tertiary/aromatic N) is 2. The summed E-state index contributed by atoms with van der Waals surface area (Å²) in [5, 5.41) is 2.54. The van der Waals surface area contributed by atoms with E-state index in [4.69, 9.17) is 0 Å². The third kappa shape index (κ3) is 6.46. The zero-order valence-electron chi connectivity index (χ0n) is 36.9. The summed E-state index contributed by atoms with van der Waals surface area (Å²) < 4.78 is 2.57. The number of rotatable bonds is 7. The Balaban J connectivity index is 1.20. The zero-order valence-corrected chi connectivity index (χ0v) is 38.6. The molecule has 2 nitrogen and oxygen atoms in total. The van der Waals surface area contributed by atoms with E-state index < -0.39 is 5.41 Å². The molecule has 0 bridgehead atoms. The van der Waals surface area contributed by atoms with Gasteiger partial charge in [0.1, 0.15) is 0 Å². The lowest BCUT2D eigenvalue weighted by atomic mass is 9.67. The molecule has 1 aromatic heterocycles. The maximum absolute atomic E-state index is 2.57. The SMILES string of the molecule is CC1=C(/C=C(\C)N(c2ccc3sc4cc(C(C)(C)C)ccc4c3c2N(c2ccccc2)c2ccccc2)C2C=CC=CC=C2)Sc2ccccc2C12c1ccccc1-c1ccccc12. The molecule has 0 amide bonds. The third-order valence-electron chi connectivity index (χ3n) is 13.3. The fourth-order valence-electron chi connectivity index (χ4n) is 10.4. The lowest BCUT2D eigenvalue weighted by molar-refractivity contribution is 0.591. The van der Waals surface area contributed by atoms with Crippen LogP contribution < -0.4 is 9.80 Å². The number of allylic oxidation sites excluding steroid dienone is 7. The van der Waals surface area contributed by atoms with Crippen molar-refractivity contribution in [2.24, 2.45) is 0 Å². The smallest absolute Gasteiger partial charge is 0.0792 e. The van der Waals surface area contributed by atoms with Crippen molar-refractivity contribution < 1.29 is 0 Å². The fourth-order valence-corrected chi connectivity index (χ4v) is 12.8. The Labute approximate surface area is 385 Å². The van der Waals surface area contributed by atoms with Crippen LogP contribution in [0.25, 0.3) is 31.3 Å². The molecular weight excluding hydrogens is 813 g/mol. The van der Waals surface area contributed by atoms with Gasteiger partial charge in [-0.15, -0.1) is 11.3 Å². The van der Waals surface area contributed by atoms with Crippen LogP contribution in [-0.2, 0) is 10.8 Å². The van der Waals surface area contributed by atoms with E-state index >= 15 is 0 Å². The molecule has 11 rings (SSSR count). The predicted octanol–water partition coefficient (Wildman–Crippen LogP) is 17.0. The van der Waals surface area contributed by atoms with Gasteiger partial charge in [-0.2, -0.15) is 0 Å². The van der Waals surface area contributed by atoms with Gasteiger partial charge in [0, 0.05) is 47.0 Å². The van der Waals surface area contributed by atoms with Crippen LogP contribution >= 0.6 is 23.1 Å². The first-order valence-electron chi connectivity index (χ1n) is 22.3. The van der Waals surface area contributed by atoms with E-state index in [9.17, 15) is 0 Å². The van der Waals surface area contributed by atoms with E-state index in [1.807, 2.05) is 23.1 Å². The van der Waals surface area contributed by atoms with Crippen LogP contribution in [0, 0.1) is 0 Å². The number of thiophene rings is 1. The van der Waals surface area contributed by atoms with Gasteiger partial charge in [0.2, 0.25) is 0 Å². The maximum Gasteiger partial charge on any atom is 0.0792 e. The largest absolute Gasteiger partial charge is 0.333 e. The summed E-state index contributed by atoms with van der Waals surface area (Å²) in [5.41, 5.74) is 14.7. The van der Waals surface area contributed by atoms with Crippen LogP contribution in [0.15, 0.2) is 227 Å². The lowest BCUT2D eigenvalue weighted by Gasteiger charge is -2.40. The van der Waals surface area contributed by atoms with Crippen molar-refractivity contribution in [3.05, 3.63) is 245 Å². The number of fused-ring (bicyclic) bond motifs is 10. The van der Waals surface area contributed by atoms with Gasteiger partial charge in [-0.05, 0) is 113 Å². The molecule has 7 aromatic carbocycles. The number of anilines is 4. The minimum Gasteiger partial charge on any atom is -0.333 e. The van der Waals surface area contributed by atoms with Gasteiger partial charge in [0.15, 0.2) is 0 Å². The highest BCUT2D eigenvalue weighted by molar-refractivity contribution is 8.03. The van der Waals surface area contributed by atoms with Crippen LogP contribution in [0.2, 0.25) is 0 Å². The average Bonchev–Trinajstić information content (AvgIpc) is 3.69. The molecule has 3 aliphatic rings. The van der Waals surface area contributed by atoms with Gasteiger partial charge in [0.05, 0.1) is 22.8 Å². The number of hydrogen-bond donors (Lipinski definition) is 0. The molecule has 64 heavy (non-hydrogen) atoms. The first-order valence-corrected chi connectivity index (χ1v) is 23.9. The summed E-state index contributed by atoms with van der Waals surface area (Å²) in [6.07, 6.45) is 15.8. The Morgan fingerprint density at radius 1 is 0.609 bits per heavy atom. The van der Waals surface area contributed by atoms with Crippen LogP contribution in [-0.4, -0.2) is 6.04 Å². The minimum absolute atomic E-state index is 0.0368. The second kappa shape index (κ2) is 15.9. The molecule has 0 atom stereocenters. The molecule has 2 heterocycles. The van der Waals surface area contributed by atoms with Gasteiger partial charge in [-0.1, -0.05) is 184 Å². The van der Waals surface area contributed by atoms with Crippen LogP contribution in [0.3, 0.4) is 0 Å². The summed E-state index contributed by atoms with van der Waals surface area (Å²) in [7, 11) is 0. The number of benzene rings is 7. The van der Waals surface area contributed by atoms with Crippen LogP contribution in [0.5, 0.6) is 0 Å². The number of hydrogen-bond acceptors (Lipinski definition) is 4. The highest BCUT2D eigenvalue weighted by Crippen LogP contribution is 2.62. The average molecular weight is 863 g/mol. The molecule has 2 aliphatic carbocycles. The van der Waals surface area contributed by atoms with E-state index in [2.05, 4.69) is 251 Å². The lowest BCUT2D eigenvalue weighted by Crippen LogP contribution is -2.33. The zero-order chi connectivity index (χ0) is 43.6. The van der Waals surface area contributed by atoms with Gasteiger partial charge >= 0.3 is 0 Å². The van der Waals surface area contributed by atoms with Gasteiger partial charge in [-0.25, -0.2) is 0 Å². The molecule has 0 fully saturated rings. The predicted molar refractivity (Wildman–Crippen MR) is 277 cm³/mol. The fraction of sp³-hybridized carbons (Fsp3) is 0.133. The van der Waals surface area contributed by atoms with Crippen molar-refractivity contribution in [3.63, 3.8) is 0 Å². The van der Waals surface area contributed by atoms with Crippen molar-refractivity contribution in [2.45, 2.75) is 56.4 Å². The van der Waals surface area contributed by atoms with Crippen LogP contribution in [0.4, 0.5) is 22.7 Å². The van der Waals surface area contributed by atoms with E-state index in [1.165, 1.54) is 74.6 Å². The monoisotopic (exact) mass is 862 g/mol. The maximum atomic E-state index is 2.57. The molecule has 4 heteroatoms. The van der Waals surface area contributed by atoms with Crippen molar-refractivity contribution in [3.8, 4) is 11.1 Å². The quantitative estimate of drug-likeness (QED) is 0.158. The van der Waals surface area contributed by atoms with E-state index in [1.54, 1.807) is 0 Å². The highest BCUT2D eigenvalue weighted by atomic mass is 32.2. The topological polar surface area (TPSA) is 6.48 Å². The van der Waals surface area contributed by atoms with Crippen molar-refractivity contribution in [2.75, 3.05) is 9.80 Å². The summed E-state index contributed by atoms with van der Waals surface area (Å²) in [4.78, 5) is 7.63. The van der Waals surface area contributed by atoms with Crippen LogP contribution in [0.1, 0.15) is 56.9 Å². The molecule has 8 aromatic rings. The Morgan fingerprint density at radius 3 is 1.81 bits per heavy atom. The van der Waals surface area contributed by atoms with Gasteiger partial charge in [0.25, 0.3) is 0 Å². The first kappa shape index (κ1) is 40.2. The Morgan fingerprint density at radius 2 is 1.19 bits per heavy atom. The molecular formula is C60H50N2S2. The van der Waals surface area contributed by atoms with E-state index in [0.717, 1.165) is 22.8 Å². The third-order valence-corrected chi connectivity index (χ3v) is 15.7. The molecule has 0 N–H and O–H groups in total. The summed E-state index contributed by atoms with van der Waals surface area (Å²) in [5.74, 6) is 0. The second-order valence-electron chi connectivity index (χ2n) is 18.1. The molecule has 312 valence electrons. The summed E-state index contributed by atoms with van der Waals surface area (Å²) in [6, 6.07) is 60.8. The van der Waals surface area contributed by atoms with E-state index in [0.29, 0.717) is 0 Å². The molecule has 1 spiro atoms. The molecule has 0 unspecified atom stereocenters. The Bertz CT molecular complexity index is 3160. The van der Waals surface area contributed by atoms with Crippen molar-refractivity contribution in [1.82, 2.24) is 0 Å². The van der Waals surface area contributed by atoms with E-state index in [-0.39, 0.29) is 11.5 Å².